The summed E-state index contributed by atoms with van der Waals surface area (Å²) < 4.78 is 0. The van der Waals surface area contributed by atoms with Crippen LogP contribution in [0.4, 0.5) is 5.13 Å². The minimum atomic E-state index is -0.816. The van der Waals surface area contributed by atoms with Gasteiger partial charge in [-0.2, -0.15) is 0 Å². The van der Waals surface area contributed by atoms with Crippen LogP contribution in [0.2, 0.25) is 5.15 Å². The smallest absolute Gasteiger partial charge is 0.305 e. The van der Waals surface area contributed by atoms with Crippen LogP contribution in [0.5, 0.6) is 0 Å². The Balaban J connectivity index is 2.62. The molecule has 84 valence electrons. The molecule has 1 unspecified atom stereocenters. The molecule has 0 aliphatic carbocycles. The molecule has 0 aromatic carbocycles. The van der Waals surface area contributed by atoms with E-state index in [-0.39, 0.29) is 18.4 Å². The quantitative estimate of drug-likeness (QED) is 0.841. The molecule has 0 aliphatic heterocycles. The zero-order valence-electron chi connectivity index (χ0n) is 8.53. The van der Waals surface area contributed by atoms with Crippen molar-refractivity contribution in [2.45, 2.75) is 26.3 Å². The summed E-state index contributed by atoms with van der Waals surface area (Å²) >= 11 is 7.05. The van der Waals surface area contributed by atoms with E-state index >= 15 is 0 Å². The van der Waals surface area contributed by atoms with Crippen molar-refractivity contribution in [3.8, 4) is 0 Å². The maximum absolute atomic E-state index is 10.6. The first-order chi connectivity index (χ1) is 6.99. The Morgan fingerprint density at radius 2 is 2.40 bits per heavy atom. The van der Waals surface area contributed by atoms with E-state index in [1.54, 1.807) is 5.38 Å². The highest BCUT2D eigenvalue weighted by atomic mass is 35.5. The summed E-state index contributed by atoms with van der Waals surface area (Å²) in [5.41, 5.74) is 0. The highest BCUT2D eigenvalue weighted by Gasteiger charge is 2.17. The van der Waals surface area contributed by atoms with E-state index in [4.69, 9.17) is 16.7 Å². The molecule has 0 saturated carbocycles. The van der Waals surface area contributed by atoms with Crippen LogP contribution in [0.1, 0.15) is 20.3 Å². The fraction of sp³-hybridized carbons (Fsp3) is 0.556. The van der Waals surface area contributed by atoms with Crippen LogP contribution in [0.15, 0.2) is 5.38 Å². The topological polar surface area (TPSA) is 62.2 Å². The van der Waals surface area contributed by atoms with Crippen molar-refractivity contribution in [2.24, 2.45) is 5.92 Å². The van der Waals surface area contributed by atoms with Crippen LogP contribution in [0.25, 0.3) is 0 Å². The van der Waals surface area contributed by atoms with Gasteiger partial charge in [-0.25, -0.2) is 4.98 Å². The minimum absolute atomic E-state index is 0.0782. The third-order valence-corrected chi connectivity index (χ3v) is 3.08. The third-order valence-electron chi connectivity index (χ3n) is 1.98. The maximum atomic E-state index is 10.6. The van der Waals surface area contributed by atoms with Gasteiger partial charge in [0.25, 0.3) is 0 Å². The number of hydrogen-bond donors (Lipinski definition) is 2. The predicted molar refractivity (Wildman–Crippen MR) is 61.6 cm³/mol. The number of thiazole rings is 1. The second-order valence-corrected chi connectivity index (χ2v) is 4.81. The van der Waals surface area contributed by atoms with Crippen LogP contribution in [-0.2, 0) is 4.79 Å². The SMILES string of the molecule is CC(C)C(CC(=O)O)Nc1nc(Cl)cs1. The van der Waals surface area contributed by atoms with Crippen LogP contribution in [0.3, 0.4) is 0 Å². The van der Waals surface area contributed by atoms with Crippen LogP contribution in [-0.4, -0.2) is 22.1 Å². The Labute approximate surface area is 97.3 Å². The van der Waals surface area contributed by atoms with Crippen molar-refractivity contribution in [1.29, 1.82) is 0 Å². The molecule has 0 fully saturated rings. The molecule has 0 bridgehead atoms. The van der Waals surface area contributed by atoms with Gasteiger partial charge in [-0.1, -0.05) is 25.4 Å². The number of nitrogens with one attached hydrogen (secondary N) is 1. The maximum Gasteiger partial charge on any atom is 0.305 e. The first-order valence-electron chi connectivity index (χ1n) is 4.58. The summed E-state index contributed by atoms with van der Waals surface area (Å²) in [4.78, 5) is 14.6. The molecule has 0 aliphatic rings. The van der Waals surface area contributed by atoms with Crippen molar-refractivity contribution in [3.05, 3.63) is 10.5 Å². The lowest BCUT2D eigenvalue weighted by molar-refractivity contribution is -0.137. The molecule has 4 nitrogen and oxygen atoms in total. The first kappa shape index (κ1) is 12.3. The molecule has 1 heterocycles. The molecule has 1 rings (SSSR count). The Morgan fingerprint density at radius 3 is 2.80 bits per heavy atom. The van der Waals surface area contributed by atoms with Crippen LogP contribution in [0, 0.1) is 5.92 Å². The van der Waals surface area contributed by atoms with Gasteiger partial charge in [0, 0.05) is 11.4 Å². The van der Waals surface area contributed by atoms with Gasteiger partial charge in [0.15, 0.2) is 5.13 Å². The van der Waals surface area contributed by atoms with Gasteiger partial charge < -0.3 is 10.4 Å². The number of carboxylic acid groups (broad SMARTS) is 1. The monoisotopic (exact) mass is 248 g/mol. The summed E-state index contributed by atoms with van der Waals surface area (Å²) in [6, 6.07) is -0.121. The Kier molecular flexibility index (Phi) is 4.35. The molecular weight excluding hydrogens is 236 g/mol. The molecule has 0 amide bonds. The lowest BCUT2D eigenvalue weighted by Gasteiger charge is -2.19. The molecule has 15 heavy (non-hydrogen) atoms. The normalized spacial score (nSPS) is 12.8. The average molecular weight is 249 g/mol. The Hall–Kier alpha value is -0.810. The van der Waals surface area contributed by atoms with Gasteiger partial charge in [0.05, 0.1) is 6.42 Å². The number of carbonyl (C=O) groups is 1. The number of rotatable bonds is 5. The lowest BCUT2D eigenvalue weighted by atomic mass is 10.0. The Bertz CT molecular complexity index is 341. The molecule has 0 saturated heterocycles. The lowest BCUT2D eigenvalue weighted by Crippen LogP contribution is -2.28. The molecule has 1 aromatic heterocycles. The molecule has 2 N–H and O–H groups in total. The van der Waals surface area contributed by atoms with Crippen molar-refractivity contribution in [1.82, 2.24) is 4.98 Å². The van der Waals surface area contributed by atoms with E-state index in [1.807, 2.05) is 13.8 Å². The van der Waals surface area contributed by atoms with Crippen molar-refractivity contribution < 1.29 is 9.90 Å². The fourth-order valence-corrected chi connectivity index (χ4v) is 2.02. The van der Waals surface area contributed by atoms with Crippen molar-refractivity contribution in [3.63, 3.8) is 0 Å². The van der Waals surface area contributed by atoms with Gasteiger partial charge in [0.2, 0.25) is 0 Å². The van der Waals surface area contributed by atoms with E-state index < -0.39 is 5.97 Å². The van der Waals surface area contributed by atoms with Crippen LogP contribution < -0.4 is 5.32 Å². The highest BCUT2D eigenvalue weighted by Crippen LogP contribution is 2.22. The zero-order valence-corrected chi connectivity index (χ0v) is 10.1. The zero-order chi connectivity index (χ0) is 11.4. The summed E-state index contributed by atoms with van der Waals surface area (Å²) in [6.45, 7) is 3.94. The number of anilines is 1. The molecule has 1 aromatic rings. The standard InChI is InChI=1S/C9H13ClN2O2S/c1-5(2)6(3-8(13)14)11-9-12-7(10)4-15-9/h4-6H,3H2,1-2H3,(H,11,12)(H,13,14). The number of aromatic nitrogens is 1. The van der Waals surface area contributed by atoms with Gasteiger partial charge >= 0.3 is 5.97 Å². The second kappa shape index (κ2) is 5.32. The molecule has 6 heteroatoms. The number of hydrogen-bond acceptors (Lipinski definition) is 4. The number of halogens is 1. The van der Waals surface area contributed by atoms with E-state index in [9.17, 15) is 4.79 Å². The van der Waals surface area contributed by atoms with Gasteiger partial charge in [-0.3, -0.25) is 4.79 Å². The molecule has 0 radical (unpaired) electrons. The fourth-order valence-electron chi connectivity index (χ4n) is 1.12. The van der Waals surface area contributed by atoms with Gasteiger partial charge in [-0.15, -0.1) is 11.3 Å². The van der Waals surface area contributed by atoms with Crippen LogP contribution >= 0.6 is 22.9 Å². The summed E-state index contributed by atoms with van der Waals surface area (Å²) in [5, 5.41) is 14.6. The second-order valence-electron chi connectivity index (χ2n) is 3.57. The minimum Gasteiger partial charge on any atom is -0.481 e. The third kappa shape index (κ3) is 4.05. The van der Waals surface area contributed by atoms with Crippen molar-refractivity contribution in [2.75, 3.05) is 5.32 Å². The molecule has 1 atom stereocenters. The summed E-state index contributed by atoms with van der Waals surface area (Å²) in [7, 11) is 0. The summed E-state index contributed by atoms with van der Waals surface area (Å²) in [5.74, 6) is -0.590. The Morgan fingerprint density at radius 1 is 1.73 bits per heavy atom. The van der Waals surface area contributed by atoms with E-state index in [0.29, 0.717) is 10.3 Å². The molecule has 0 spiro atoms. The van der Waals surface area contributed by atoms with Gasteiger partial charge in [0.1, 0.15) is 5.15 Å². The first-order valence-corrected chi connectivity index (χ1v) is 5.84. The number of aliphatic carboxylic acids is 1. The summed E-state index contributed by atoms with van der Waals surface area (Å²) in [6.07, 6.45) is 0.0782. The van der Waals surface area contributed by atoms with E-state index in [1.165, 1.54) is 11.3 Å². The number of carboxylic acids is 1. The van der Waals surface area contributed by atoms with E-state index in [2.05, 4.69) is 10.3 Å². The highest BCUT2D eigenvalue weighted by molar-refractivity contribution is 7.14. The van der Waals surface area contributed by atoms with Gasteiger partial charge in [-0.05, 0) is 5.92 Å². The van der Waals surface area contributed by atoms with Crippen molar-refractivity contribution >= 4 is 34.0 Å². The van der Waals surface area contributed by atoms with E-state index in [0.717, 1.165) is 0 Å². The average Bonchev–Trinajstić information content (AvgIpc) is 2.49. The largest absolute Gasteiger partial charge is 0.481 e. The molecular formula is C9H13ClN2O2S. The number of nitrogens with zero attached hydrogens (tertiary/aromatic N) is 1. The predicted octanol–water partition coefficient (Wildman–Crippen LogP) is 2.71.